The molecule has 0 aliphatic heterocycles. The van der Waals surface area contributed by atoms with Crippen LogP contribution in [0.4, 0.5) is 11.4 Å². The third kappa shape index (κ3) is 16.3. The Balaban J connectivity index is 0.00000800. The van der Waals surface area contributed by atoms with Crippen molar-refractivity contribution in [1.82, 2.24) is 4.98 Å². The molecule has 3 nitrogen and oxygen atoms in total. The van der Waals surface area contributed by atoms with Gasteiger partial charge in [0.2, 0.25) is 0 Å². The third-order valence-corrected chi connectivity index (χ3v) is 9.19. The molecule has 50 heavy (non-hydrogen) atoms. The summed E-state index contributed by atoms with van der Waals surface area (Å²) in [6.07, 6.45) is 24.6. The molecule has 7 heteroatoms. The molecule has 0 fully saturated rings. The molecule has 2 aromatic carbocycles. The number of rotatable bonds is 22. The number of pyridine rings is 1. The molecular formula is C43H62Cl3CoN3. The van der Waals surface area contributed by atoms with E-state index in [1.165, 1.54) is 110 Å². The van der Waals surface area contributed by atoms with Gasteiger partial charge in [-0.05, 0) is 123 Å². The molecule has 1 aromatic heterocycles. The van der Waals surface area contributed by atoms with Crippen molar-refractivity contribution in [2.24, 2.45) is 9.98 Å². The minimum Gasteiger partial charge on any atom is -1.00 e. The summed E-state index contributed by atoms with van der Waals surface area (Å²) in [5.41, 5.74) is 12.2. The second-order valence-corrected chi connectivity index (χ2v) is 13.7. The Labute approximate surface area is 333 Å². The maximum absolute atomic E-state index is 6.69. The van der Waals surface area contributed by atoms with Crippen molar-refractivity contribution < 1.29 is 41.6 Å². The fourth-order valence-electron chi connectivity index (χ4n) is 6.21. The molecule has 0 saturated carbocycles. The number of hydrogen-bond donors (Lipinski definition) is 0. The van der Waals surface area contributed by atoms with Crippen molar-refractivity contribution in [3.05, 3.63) is 86.2 Å². The minimum atomic E-state index is 0. The first-order valence-electron chi connectivity index (χ1n) is 19.0. The number of hydrogen-bond acceptors (Lipinski definition) is 3. The molecule has 0 aliphatic rings. The molecule has 1 heterocycles. The van der Waals surface area contributed by atoms with Gasteiger partial charge in [-0.3, -0.25) is 9.98 Å². The van der Waals surface area contributed by atoms with Crippen molar-refractivity contribution in [2.75, 3.05) is 0 Å². The van der Waals surface area contributed by atoms with E-state index >= 15 is 0 Å². The second kappa shape index (κ2) is 27.9. The Bertz CT molecular complexity index is 1280. The largest absolute Gasteiger partial charge is 2.00 e. The van der Waals surface area contributed by atoms with Crippen molar-refractivity contribution in [1.29, 1.82) is 0 Å². The Hall–Kier alpha value is -1.69. The first kappa shape index (κ1) is 48.3. The van der Waals surface area contributed by atoms with Gasteiger partial charge in [0.25, 0.3) is 0 Å². The molecule has 0 unspecified atom stereocenters. The van der Waals surface area contributed by atoms with Gasteiger partial charge in [0.05, 0.1) is 35.2 Å². The minimum absolute atomic E-state index is 0. The summed E-state index contributed by atoms with van der Waals surface area (Å²) >= 11 is 6.69. The molecule has 0 N–H and O–H groups in total. The molecule has 3 rings (SSSR count). The van der Waals surface area contributed by atoms with Gasteiger partial charge in [0.1, 0.15) is 0 Å². The van der Waals surface area contributed by atoms with E-state index in [1.54, 1.807) is 0 Å². The number of aryl methyl sites for hydroxylation is 6. The van der Waals surface area contributed by atoms with Crippen LogP contribution >= 0.6 is 11.6 Å². The van der Waals surface area contributed by atoms with Gasteiger partial charge >= 0.3 is 16.8 Å². The summed E-state index contributed by atoms with van der Waals surface area (Å²) in [7, 11) is 0. The number of unbranched alkanes of at least 4 members (excludes halogenated alkanes) is 6. The molecule has 279 valence electrons. The molecule has 0 aliphatic carbocycles. The SMILES string of the molecule is CCCCc1cc(CCCC)c(N=Cc2cc(Cl)cc(C=Nc3c(CCCC)cc(CCCC)cc3CCCC)n2)c(CCCC)c1.[Cl-].[Cl-].[Co+2]. The van der Waals surface area contributed by atoms with E-state index in [-0.39, 0.29) is 41.6 Å². The fraction of sp³-hybridized carbons (Fsp3) is 0.558. The van der Waals surface area contributed by atoms with Crippen LogP contribution in [0.5, 0.6) is 0 Å². The van der Waals surface area contributed by atoms with E-state index in [0.29, 0.717) is 5.02 Å². The zero-order valence-electron chi connectivity index (χ0n) is 31.7. The molecular weight excluding hydrogens is 724 g/mol. The van der Waals surface area contributed by atoms with Crippen LogP contribution in [-0.2, 0) is 55.3 Å². The zero-order chi connectivity index (χ0) is 33.9. The van der Waals surface area contributed by atoms with Crippen LogP contribution in [0.25, 0.3) is 0 Å². The van der Waals surface area contributed by atoms with Crippen LogP contribution in [0.3, 0.4) is 0 Å². The molecule has 3 aromatic rings. The van der Waals surface area contributed by atoms with Gasteiger partial charge in [-0.15, -0.1) is 0 Å². The Morgan fingerprint density at radius 2 is 0.760 bits per heavy atom. The van der Waals surface area contributed by atoms with Crippen molar-refractivity contribution in [3.63, 3.8) is 0 Å². The van der Waals surface area contributed by atoms with Crippen LogP contribution in [0.2, 0.25) is 5.02 Å². The molecule has 1 radical (unpaired) electrons. The van der Waals surface area contributed by atoms with E-state index in [9.17, 15) is 0 Å². The summed E-state index contributed by atoms with van der Waals surface area (Å²) in [6, 6.07) is 13.5. The van der Waals surface area contributed by atoms with Gasteiger partial charge < -0.3 is 24.8 Å². The number of aromatic nitrogens is 1. The van der Waals surface area contributed by atoms with E-state index in [4.69, 9.17) is 26.6 Å². The Morgan fingerprint density at radius 3 is 1.04 bits per heavy atom. The van der Waals surface area contributed by atoms with Gasteiger partial charge in [0, 0.05) is 5.02 Å². The molecule has 0 saturated heterocycles. The average molecular weight is 786 g/mol. The predicted molar refractivity (Wildman–Crippen MR) is 208 cm³/mol. The summed E-state index contributed by atoms with van der Waals surface area (Å²) in [4.78, 5) is 15.3. The summed E-state index contributed by atoms with van der Waals surface area (Å²) in [5.74, 6) is 0. The first-order chi connectivity index (χ1) is 23.0. The summed E-state index contributed by atoms with van der Waals surface area (Å²) in [6.45, 7) is 13.6. The van der Waals surface area contributed by atoms with Gasteiger partial charge in [-0.2, -0.15) is 0 Å². The van der Waals surface area contributed by atoms with E-state index < -0.39 is 0 Å². The van der Waals surface area contributed by atoms with Crippen LogP contribution in [-0.4, -0.2) is 17.4 Å². The third-order valence-electron chi connectivity index (χ3n) is 8.97. The summed E-state index contributed by atoms with van der Waals surface area (Å²) in [5, 5.41) is 0.655. The standard InChI is InChI=1S/C43H62ClN3.2ClH.Co/c1-7-13-19-33-25-35(21-15-9-3)42(36(26-33)22-16-10-4)45-31-40-29-39(44)30-41(47-40)32-46-43-37(23-17-11-5)27-34(20-14-8-2)28-38(43)24-18-12-6;;;/h25-32H,7-24H2,1-6H3;2*1H;/q;;;+2/p-2. The summed E-state index contributed by atoms with van der Waals surface area (Å²) < 4.78 is 0. The maximum Gasteiger partial charge on any atom is 2.00 e. The number of halogens is 3. The molecule has 0 amide bonds. The van der Waals surface area contributed by atoms with Crippen LogP contribution < -0.4 is 24.8 Å². The number of aliphatic imine (C=N–C) groups is 2. The van der Waals surface area contributed by atoms with E-state index in [0.717, 1.165) is 61.3 Å². The zero-order valence-corrected chi connectivity index (χ0v) is 35.0. The normalized spacial score (nSPS) is 11.1. The van der Waals surface area contributed by atoms with Gasteiger partial charge in [0.15, 0.2) is 0 Å². The Morgan fingerprint density at radius 1 is 0.480 bits per heavy atom. The Kier molecular flexibility index (Phi) is 26.9. The van der Waals surface area contributed by atoms with Crippen LogP contribution in [0.15, 0.2) is 46.4 Å². The van der Waals surface area contributed by atoms with Crippen LogP contribution in [0.1, 0.15) is 163 Å². The number of nitrogens with zero attached hydrogens (tertiary/aromatic N) is 3. The maximum atomic E-state index is 6.69. The topological polar surface area (TPSA) is 37.6 Å². The predicted octanol–water partition coefficient (Wildman–Crippen LogP) is 7.30. The monoisotopic (exact) mass is 784 g/mol. The van der Waals surface area contributed by atoms with E-state index in [2.05, 4.69) is 65.8 Å². The molecule has 0 bridgehead atoms. The van der Waals surface area contributed by atoms with Crippen molar-refractivity contribution in [3.8, 4) is 0 Å². The number of benzene rings is 2. The van der Waals surface area contributed by atoms with Gasteiger partial charge in [-0.1, -0.05) is 116 Å². The second-order valence-electron chi connectivity index (χ2n) is 13.3. The molecule has 0 spiro atoms. The van der Waals surface area contributed by atoms with Crippen molar-refractivity contribution in [2.45, 2.75) is 157 Å². The first-order valence-corrected chi connectivity index (χ1v) is 19.4. The van der Waals surface area contributed by atoms with E-state index in [1.807, 2.05) is 24.6 Å². The quantitative estimate of drug-likeness (QED) is 0.0987. The fourth-order valence-corrected chi connectivity index (χ4v) is 6.43. The van der Waals surface area contributed by atoms with Crippen molar-refractivity contribution >= 4 is 35.4 Å². The average Bonchev–Trinajstić information content (AvgIpc) is 3.07. The van der Waals surface area contributed by atoms with Crippen LogP contribution in [0, 0.1) is 0 Å². The van der Waals surface area contributed by atoms with Gasteiger partial charge in [-0.25, -0.2) is 4.98 Å². The smallest absolute Gasteiger partial charge is 1.00 e. The molecule has 0 atom stereocenters.